The number of hydrogen-bond donors (Lipinski definition) is 1. The molecule has 2 aromatic carbocycles. The van der Waals surface area contributed by atoms with Gasteiger partial charge in [-0.1, -0.05) is 50.1 Å². The van der Waals surface area contributed by atoms with Gasteiger partial charge in [0.25, 0.3) is 0 Å². The minimum Gasteiger partial charge on any atom is -0.496 e. The molecule has 1 N–H and O–H groups in total. The molecule has 0 saturated carbocycles. The van der Waals surface area contributed by atoms with Crippen LogP contribution in [0.15, 0.2) is 36.4 Å². The lowest BCUT2D eigenvalue weighted by Crippen LogP contribution is -2.13. The van der Waals surface area contributed by atoms with Crippen LogP contribution in [0.5, 0.6) is 5.75 Å². The highest BCUT2D eigenvalue weighted by Gasteiger charge is 2.05. The molecular weight excluding hydrogens is 258 g/mol. The van der Waals surface area contributed by atoms with Gasteiger partial charge in [0.05, 0.1) is 7.11 Å². The molecule has 0 amide bonds. The summed E-state index contributed by atoms with van der Waals surface area (Å²) in [6.45, 7) is 4.40. The number of nitrogens with one attached hydrogen (secondary N) is 1. The zero-order chi connectivity index (χ0) is 14.9. The highest BCUT2D eigenvalue weighted by molar-refractivity contribution is 5.91. The van der Waals surface area contributed by atoms with Gasteiger partial charge in [-0.25, -0.2) is 0 Å². The summed E-state index contributed by atoms with van der Waals surface area (Å²) in [7, 11) is 1.74. The number of methoxy groups -OCH3 is 1. The van der Waals surface area contributed by atoms with E-state index in [9.17, 15) is 0 Å². The Morgan fingerprint density at radius 2 is 1.67 bits per heavy atom. The molecule has 0 spiro atoms. The van der Waals surface area contributed by atoms with Crippen molar-refractivity contribution in [3.63, 3.8) is 0 Å². The van der Waals surface area contributed by atoms with Crippen molar-refractivity contribution >= 4 is 10.8 Å². The molecule has 2 rings (SSSR count). The molecule has 0 aliphatic heterocycles. The van der Waals surface area contributed by atoms with Crippen molar-refractivity contribution in [3.05, 3.63) is 42.0 Å². The Morgan fingerprint density at radius 1 is 0.905 bits per heavy atom. The number of aryl methyl sites for hydroxylation is 1. The first-order chi connectivity index (χ1) is 10.4. The predicted octanol–water partition coefficient (Wildman–Crippen LogP) is 4.56. The van der Waals surface area contributed by atoms with E-state index in [1.165, 1.54) is 42.0 Å². The van der Waals surface area contributed by atoms with Crippen LogP contribution in [0, 0.1) is 0 Å². The molecule has 0 saturated heterocycles. The molecule has 114 valence electrons. The Hall–Kier alpha value is -1.54. The van der Waals surface area contributed by atoms with Crippen molar-refractivity contribution in [2.45, 2.75) is 39.0 Å². The van der Waals surface area contributed by atoms with E-state index in [4.69, 9.17) is 4.74 Å². The normalized spacial score (nSPS) is 11.0. The van der Waals surface area contributed by atoms with Gasteiger partial charge in [0, 0.05) is 5.39 Å². The third-order valence-electron chi connectivity index (χ3n) is 3.99. The molecule has 0 heterocycles. The average molecular weight is 285 g/mol. The van der Waals surface area contributed by atoms with E-state index in [-0.39, 0.29) is 0 Å². The van der Waals surface area contributed by atoms with Crippen LogP contribution < -0.4 is 10.1 Å². The molecule has 21 heavy (non-hydrogen) atoms. The molecule has 0 atom stereocenters. The smallest absolute Gasteiger partial charge is 0.126 e. The monoisotopic (exact) mass is 285 g/mol. The Balaban J connectivity index is 1.90. The predicted molar refractivity (Wildman–Crippen MR) is 91.2 cm³/mol. The van der Waals surface area contributed by atoms with Crippen molar-refractivity contribution in [3.8, 4) is 5.75 Å². The second-order valence-corrected chi connectivity index (χ2v) is 5.49. The van der Waals surface area contributed by atoms with E-state index in [1.807, 2.05) is 0 Å². The van der Waals surface area contributed by atoms with E-state index < -0.39 is 0 Å². The van der Waals surface area contributed by atoms with E-state index in [0.717, 1.165) is 25.3 Å². The zero-order valence-corrected chi connectivity index (χ0v) is 13.3. The van der Waals surface area contributed by atoms with Gasteiger partial charge in [-0.3, -0.25) is 0 Å². The van der Waals surface area contributed by atoms with Crippen LogP contribution in [0.3, 0.4) is 0 Å². The molecule has 0 unspecified atom stereocenters. The number of fused-ring (bicyclic) bond motifs is 1. The van der Waals surface area contributed by atoms with E-state index >= 15 is 0 Å². The summed E-state index contributed by atoms with van der Waals surface area (Å²) in [5.41, 5.74) is 1.44. The molecule has 0 fully saturated rings. The minimum atomic E-state index is 0.972. The fourth-order valence-corrected chi connectivity index (χ4v) is 2.83. The molecule has 2 aromatic rings. The summed E-state index contributed by atoms with van der Waals surface area (Å²) >= 11 is 0. The van der Waals surface area contributed by atoms with Crippen LogP contribution in [-0.4, -0.2) is 20.2 Å². The third kappa shape index (κ3) is 4.47. The Labute approximate surface area is 128 Å². The van der Waals surface area contributed by atoms with Gasteiger partial charge in [-0.15, -0.1) is 0 Å². The van der Waals surface area contributed by atoms with Gasteiger partial charge < -0.3 is 10.1 Å². The van der Waals surface area contributed by atoms with Gasteiger partial charge >= 0.3 is 0 Å². The van der Waals surface area contributed by atoms with Crippen LogP contribution in [0.1, 0.15) is 38.2 Å². The first-order valence-corrected chi connectivity index (χ1v) is 8.12. The van der Waals surface area contributed by atoms with Crippen molar-refractivity contribution < 1.29 is 4.74 Å². The maximum atomic E-state index is 5.46. The molecule has 0 aromatic heterocycles. The lowest BCUT2D eigenvalue weighted by molar-refractivity contribution is 0.419. The summed E-state index contributed by atoms with van der Waals surface area (Å²) in [4.78, 5) is 0. The van der Waals surface area contributed by atoms with Gasteiger partial charge in [0.2, 0.25) is 0 Å². The first-order valence-electron chi connectivity index (χ1n) is 8.12. The summed E-state index contributed by atoms with van der Waals surface area (Å²) in [5.74, 6) is 0.972. The fraction of sp³-hybridized carbons (Fsp3) is 0.474. The van der Waals surface area contributed by atoms with Crippen molar-refractivity contribution in [1.82, 2.24) is 5.32 Å². The van der Waals surface area contributed by atoms with Crippen molar-refractivity contribution in [2.75, 3.05) is 20.2 Å². The number of rotatable bonds is 9. The fourth-order valence-electron chi connectivity index (χ4n) is 2.83. The SMILES string of the molecule is CCNCCCCCCc1ccc(OC)c2ccccc12. The Morgan fingerprint density at radius 3 is 2.43 bits per heavy atom. The number of unbranched alkanes of at least 4 members (excludes halogenated alkanes) is 3. The van der Waals surface area contributed by atoms with Crippen LogP contribution in [0.2, 0.25) is 0 Å². The standard InChI is InChI=1S/C19H27NO/c1-3-20-15-9-5-4-6-10-16-13-14-19(21-2)18-12-8-7-11-17(16)18/h7-8,11-14,20H,3-6,9-10,15H2,1-2H3. The van der Waals surface area contributed by atoms with E-state index in [2.05, 4.69) is 48.6 Å². The van der Waals surface area contributed by atoms with Crippen molar-refractivity contribution in [1.29, 1.82) is 0 Å². The highest BCUT2D eigenvalue weighted by atomic mass is 16.5. The van der Waals surface area contributed by atoms with Gasteiger partial charge in [-0.2, -0.15) is 0 Å². The summed E-state index contributed by atoms with van der Waals surface area (Å²) in [5, 5.41) is 5.94. The summed E-state index contributed by atoms with van der Waals surface area (Å²) in [6, 6.07) is 12.9. The number of hydrogen-bond acceptors (Lipinski definition) is 2. The molecule has 0 aliphatic rings. The minimum absolute atomic E-state index is 0.972. The maximum Gasteiger partial charge on any atom is 0.126 e. The summed E-state index contributed by atoms with van der Waals surface area (Å²) < 4.78 is 5.46. The summed E-state index contributed by atoms with van der Waals surface area (Å²) in [6.07, 6.45) is 6.35. The third-order valence-corrected chi connectivity index (χ3v) is 3.99. The van der Waals surface area contributed by atoms with Gasteiger partial charge in [-0.05, 0) is 49.4 Å². The quantitative estimate of drug-likeness (QED) is 0.682. The second-order valence-electron chi connectivity index (χ2n) is 5.49. The lowest BCUT2D eigenvalue weighted by atomic mass is 9.99. The van der Waals surface area contributed by atoms with Crippen LogP contribution in [0.25, 0.3) is 10.8 Å². The second kappa shape index (κ2) is 8.68. The topological polar surface area (TPSA) is 21.3 Å². The maximum absolute atomic E-state index is 5.46. The number of benzene rings is 2. The molecule has 2 heteroatoms. The van der Waals surface area contributed by atoms with Crippen LogP contribution in [-0.2, 0) is 6.42 Å². The molecule has 0 bridgehead atoms. The Bertz CT molecular complexity index is 550. The van der Waals surface area contributed by atoms with Gasteiger partial charge in [0.15, 0.2) is 0 Å². The molecule has 0 aliphatic carbocycles. The zero-order valence-electron chi connectivity index (χ0n) is 13.3. The lowest BCUT2D eigenvalue weighted by Gasteiger charge is -2.10. The molecule has 0 radical (unpaired) electrons. The number of ether oxygens (including phenoxy) is 1. The molecular formula is C19H27NO. The average Bonchev–Trinajstić information content (AvgIpc) is 2.54. The molecule has 2 nitrogen and oxygen atoms in total. The van der Waals surface area contributed by atoms with Crippen molar-refractivity contribution in [2.24, 2.45) is 0 Å². The van der Waals surface area contributed by atoms with E-state index in [1.54, 1.807) is 7.11 Å². The van der Waals surface area contributed by atoms with E-state index in [0.29, 0.717) is 0 Å². The Kier molecular flexibility index (Phi) is 6.55. The largest absolute Gasteiger partial charge is 0.496 e. The van der Waals surface area contributed by atoms with Crippen LogP contribution in [0.4, 0.5) is 0 Å². The highest BCUT2D eigenvalue weighted by Crippen LogP contribution is 2.29. The van der Waals surface area contributed by atoms with Crippen LogP contribution >= 0.6 is 0 Å². The first kappa shape index (κ1) is 15.8. The van der Waals surface area contributed by atoms with Gasteiger partial charge in [0.1, 0.15) is 5.75 Å².